The Labute approximate surface area is 160 Å². The number of hydrogen-bond acceptors (Lipinski definition) is 5. The van der Waals surface area contributed by atoms with Crippen LogP contribution in [0.5, 0.6) is 5.75 Å². The molecule has 2 aliphatic rings. The molecule has 0 atom stereocenters. The van der Waals surface area contributed by atoms with Gasteiger partial charge in [0.15, 0.2) is 5.82 Å². The predicted octanol–water partition coefficient (Wildman–Crippen LogP) is 2.99. The number of carbonyl (C=O) groups excluding carboxylic acids is 1. The Bertz CT molecular complexity index is 762. The molecule has 4 rings (SSSR count). The molecule has 1 aromatic carbocycles. The van der Waals surface area contributed by atoms with E-state index in [-0.39, 0.29) is 5.92 Å². The fourth-order valence-electron chi connectivity index (χ4n) is 3.96. The van der Waals surface area contributed by atoms with Gasteiger partial charge in [-0.25, -0.2) is 0 Å². The van der Waals surface area contributed by atoms with Crippen LogP contribution in [-0.2, 0) is 4.79 Å². The summed E-state index contributed by atoms with van der Waals surface area (Å²) in [6.07, 6.45) is 4.11. The molecule has 2 fully saturated rings. The van der Waals surface area contributed by atoms with E-state index >= 15 is 0 Å². The van der Waals surface area contributed by atoms with E-state index in [4.69, 9.17) is 4.74 Å². The fourth-order valence-corrected chi connectivity index (χ4v) is 3.96. The van der Waals surface area contributed by atoms with Crippen LogP contribution in [0, 0.1) is 5.92 Å². The van der Waals surface area contributed by atoms with Crippen LogP contribution in [-0.4, -0.2) is 54.3 Å². The summed E-state index contributed by atoms with van der Waals surface area (Å²) in [5.74, 6) is 2.24. The van der Waals surface area contributed by atoms with Crippen LogP contribution < -0.4 is 9.64 Å². The number of amides is 1. The number of piperidine rings is 1. The molecule has 0 bridgehead atoms. The van der Waals surface area contributed by atoms with Gasteiger partial charge >= 0.3 is 0 Å². The highest BCUT2D eigenvalue weighted by atomic mass is 16.5. The maximum Gasteiger partial charge on any atom is 0.225 e. The van der Waals surface area contributed by atoms with Crippen molar-refractivity contribution in [2.45, 2.75) is 25.7 Å². The summed E-state index contributed by atoms with van der Waals surface area (Å²) in [6, 6.07) is 11.8. The van der Waals surface area contributed by atoms with E-state index in [1.54, 1.807) is 7.11 Å². The average molecular weight is 366 g/mol. The van der Waals surface area contributed by atoms with Crippen LogP contribution >= 0.6 is 0 Å². The first-order chi connectivity index (χ1) is 13.2. The minimum Gasteiger partial charge on any atom is -0.497 e. The van der Waals surface area contributed by atoms with Crippen molar-refractivity contribution in [2.24, 2.45) is 5.92 Å². The second-order valence-corrected chi connectivity index (χ2v) is 7.30. The first kappa shape index (κ1) is 17.8. The van der Waals surface area contributed by atoms with Crippen molar-refractivity contribution in [3.63, 3.8) is 0 Å². The second kappa shape index (κ2) is 7.94. The molecule has 0 radical (unpaired) electrons. The van der Waals surface area contributed by atoms with Gasteiger partial charge in [0, 0.05) is 37.7 Å². The number of ether oxygens (including phenoxy) is 1. The van der Waals surface area contributed by atoms with E-state index in [0.29, 0.717) is 5.91 Å². The van der Waals surface area contributed by atoms with E-state index < -0.39 is 0 Å². The Balaban J connectivity index is 1.36. The summed E-state index contributed by atoms with van der Waals surface area (Å²) in [7, 11) is 1.66. The lowest BCUT2D eigenvalue weighted by Gasteiger charge is -2.33. The van der Waals surface area contributed by atoms with Crippen molar-refractivity contribution in [3.05, 3.63) is 36.4 Å². The highest BCUT2D eigenvalue weighted by Crippen LogP contribution is 2.26. The lowest BCUT2D eigenvalue weighted by Crippen LogP contribution is -2.42. The smallest absolute Gasteiger partial charge is 0.225 e. The first-order valence-corrected chi connectivity index (χ1v) is 9.76. The molecule has 3 heterocycles. The average Bonchev–Trinajstić information content (AvgIpc) is 3.28. The van der Waals surface area contributed by atoms with E-state index in [2.05, 4.69) is 15.1 Å². The number of nitrogens with zero attached hydrogens (tertiary/aromatic N) is 4. The molecule has 2 saturated heterocycles. The van der Waals surface area contributed by atoms with Gasteiger partial charge in [0.1, 0.15) is 5.75 Å². The Kier molecular flexibility index (Phi) is 5.23. The predicted molar refractivity (Wildman–Crippen MR) is 105 cm³/mol. The van der Waals surface area contributed by atoms with Crippen molar-refractivity contribution >= 4 is 11.7 Å². The maximum atomic E-state index is 12.6. The van der Waals surface area contributed by atoms with Gasteiger partial charge in [0.25, 0.3) is 0 Å². The van der Waals surface area contributed by atoms with Gasteiger partial charge in [0.05, 0.1) is 12.8 Å². The molecule has 0 saturated carbocycles. The zero-order chi connectivity index (χ0) is 18.6. The van der Waals surface area contributed by atoms with Crippen molar-refractivity contribution < 1.29 is 9.53 Å². The number of rotatable bonds is 4. The van der Waals surface area contributed by atoms with Gasteiger partial charge in [-0.1, -0.05) is 0 Å². The van der Waals surface area contributed by atoms with Gasteiger partial charge in [-0.05, 0) is 62.1 Å². The van der Waals surface area contributed by atoms with Gasteiger partial charge < -0.3 is 14.5 Å². The zero-order valence-electron chi connectivity index (χ0n) is 15.8. The van der Waals surface area contributed by atoms with Crippen molar-refractivity contribution in [3.8, 4) is 17.0 Å². The van der Waals surface area contributed by atoms with Crippen LogP contribution in [0.15, 0.2) is 36.4 Å². The number of aromatic nitrogens is 2. The third kappa shape index (κ3) is 3.89. The summed E-state index contributed by atoms with van der Waals surface area (Å²) in [6.45, 7) is 3.61. The van der Waals surface area contributed by atoms with E-state index in [1.165, 1.54) is 0 Å². The molecule has 6 nitrogen and oxygen atoms in total. The lowest BCUT2D eigenvalue weighted by molar-refractivity contribution is -0.135. The van der Waals surface area contributed by atoms with Crippen molar-refractivity contribution in [2.75, 3.05) is 38.2 Å². The molecule has 27 heavy (non-hydrogen) atoms. The van der Waals surface area contributed by atoms with Gasteiger partial charge in [0.2, 0.25) is 5.91 Å². The summed E-state index contributed by atoms with van der Waals surface area (Å²) < 4.78 is 5.19. The third-order valence-electron chi connectivity index (χ3n) is 5.62. The molecule has 0 spiro atoms. The minimum atomic E-state index is 0.172. The van der Waals surface area contributed by atoms with Gasteiger partial charge in [-0.2, -0.15) is 0 Å². The van der Waals surface area contributed by atoms with Crippen LogP contribution in [0.25, 0.3) is 11.3 Å². The van der Waals surface area contributed by atoms with E-state index in [0.717, 1.165) is 74.7 Å². The second-order valence-electron chi connectivity index (χ2n) is 7.30. The summed E-state index contributed by atoms with van der Waals surface area (Å²) >= 11 is 0. The SMILES string of the molecule is COc1ccc(-c2ccc(N3CCC(C(=O)N4CCCC4)CC3)nn2)cc1. The van der Waals surface area contributed by atoms with Crippen LogP contribution in [0.1, 0.15) is 25.7 Å². The molecule has 6 heteroatoms. The Morgan fingerprint density at radius 3 is 2.26 bits per heavy atom. The topological polar surface area (TPSA) is 58.6 Å². The van der Waals surface area contributed by atoms with Gasteiger partial charge in [-0.15, -0.1) is 10.2 Å². The van der Waals surface area contributed by atoms with Crippen LogP contribution in [0.2, 0.25) is 0 Å². The van der Waals surface area contributed by atoms with E-state index in [1.807, 2.05) is 41.3 Å². The molecule has 1 amide bonds. The zero-order valence-corrected chi connectivity index (χ0v) is 15.8. The lowest BCUT2D eigenvalue weighted by atomic mass is 9.95. The molecule has 0 N–H and O–H groups in total. The van der Waals surface area contributed by atoms with Crippen LogP contribution in [0.3, 0.4) is 0 Å². The molecule has 1 aromatic heterocycles. The molecule has 0 aliphatic carbocycles. The Morgan fingerprint density at radius 2 is 1.67 bits per heavy atom. The van der Waals surface area contributed by atoms with Crippen molar-refractivity contribution in [1.82, 2.24) is 15.1 Å². The Morgan fingerprint density at radius 1 is 0.963 bits per heavy atom. The van der Waals surface area contributed by atoms with E-state index in [9.17, 15) is 4.79 Å². The fraction of sp³-hybridized carbons (Fsp3) is 0.476. The summed E-state index contributed by atoms with van der Waals surface area (Å²) in [5.41, 5.74) is 1.87. The maximum absolute atomic E-state index is 12.6. The molecule has 2 aliphatic heterocycles. The summed E-state index contributed by atoms with van der Waals surface area (Å²) in [5, 5.41) is 8.81. The standard InChI is InChI=1S/C21H26N4O2/c1-27-18-6-4-16(5-7-18)19-8-9-20(23-22-19)24-14-10-17(11-15-24)21(26)25-12-2-3-13-25/h4-9,17H,2-3,10-15H2,1H3. The molecular weight excluding hydrogens is 340 g/mol. The molecular formula is C21H26N4O2. The number of methoxy groups -OCH3 is 1. The monoisotopic (exact) mass is 366 g/mol. The normalized spacial score (nSPS) is 18.0. The highest BCUT2D eigenvalue weighted by molar-refractivity contribution is 5.79. The van der Waals surface area contributed by atoms with Crippen LogP contribution in [0.4, 0.5) is 5.82 Å². The third-order valence-corrected chi connectivity index (χ3v) is 5.62. The Hall–Kier alpha value is -2.63. The molecule has 0 unspecified atom stereocenters. The molecule has 142 valence electrons. The highest BCUT2D eigenvalue weighted by Gasteiger charge is 2.30. The quantitative estimate of drug-likeness (QED) is 0.833. The number of carbonyl (C=O) groups is 1. The van der Waals surface area contributed by atoms with Crippen molar-refractivity contribution in [1.29, 1.82) is 0 Å². The molecule has 2 aromatic rings. The largest absolute Gasteiger partial charge is 0.497 e. The number of anilines is 1. The minimum absolute atomic E-state index is 0.172. The van der Waals surface area contributed by atoms with Gasteiger partial charge in [-0.3, -0.25) is 4.79 Å². The number of hydrogen-bond donors (Lipinski definition) is 0. The first-order valence-electron chi connectivity index (χ1n) is 9.76. The number of likely N-dealkylation sites (tertiary alicyclic amines) is 1. The summed E-state index contributed by atoms with van der Waals surface area (Å²) in [4.78, 5) is 16.8. The number of benzene rings is 1.